The molecular formula is C11H13ClN2O. The summed E-state index contributed by atoms with van der Waals surface area (Å²) >= 11 is 5.93. The fourth-order valence-electron chi connectivity index (χ4n) is 1.55. The Kier molecular flexibility index (Phi) is 3.11. The predicted octanol–water partition coefficient (Wildman–Crippen LogP) is 2.95. The van der Waals surface area contributed by atoms with Gasteiger partial charge in [0.1, 0.15) is 11.6 Å². The van der Waals surface area contributed by atoms with E-state index in [1.807, 2.05) is 18.2 Å². The van der Waals surface area contributed by atoms with Crippen LogP contribution in [0.4, 0.5) is 5.69 Å². The van der Waals surface area contributed by atoms with Crippen LogP contribution in [0.25, 0.3) is 0 Å². The molecule has 0 spiro atoms. The van der Waals surface area contributed by atoms with E-state index in [4.69, 9.17) is 16.3 Å². The van der Waals surface area contributed by atoms with Gasteiger partial charge in [-0.15, -0.1) is 0 Å². The number of halogens is 1. The molecule has 0 bridgehead atoms. The van der Waals surface area contributed by atoms with Crippen molar-refractivity contribution in [3.63, 3.8) is 0 Å². The number of ether oxygens (including phenoxy) is 1. The Morgan fingerprint density at radius 3 is 3.00 bits per heavy atom. The molecule has 0 aliphatic carbocycles. The second-order valence-corrected chi connectivity index (χ2v) is 3.81. The monoisotopic (exact) mass is 224 g/mol. The van der Waals surface area contributed by atoms with Crippen LogP contribution in [-0.2, 0) is 0 Å². The van der Waals surface area contributed by atoms with Crippen LogP contribution in [0.15, 0.2) is 23.2 Å². The van der Waals surface area contributed by atoms with E-state index in [0.29, 0.717) is 10.8 Å². The van der Waals surface area contributed by atoms with Crippen LogP contribution in [0.5, 0.6) is 5.75 Å². The van der Waals surface area contributed by atoms with E-state index in [0.717, 1.165) is 30.9 Å². The van der Waals surface area contributed by atoms with Gasteiger partial charge in [-0.1, -0.05) is 11.6 Å². The second-order valence-electron chi connectivity index (χ2n) is 3.41. The Morgan fingerprint density at radius 1 is 1.47 bits per heavy atom. The van der Waals surface area contributed by atoms with Gasteiger partial charge in [0, 0.05) is 24.7 Å². The van der Waals surface area contributed by atoms with E-state index in [1.54, 1.807) is 7.11 Å². The Hall–Kier alpha value is -1.22. The number of nitrogens with one attached hydrogen (secondary N) is 1. The molecule has 80 valence electrons. The average Bonchev–Trinajstić information content (AvgIpc) is 2.73. The number of hydrogen-bond donors (Lipinski definition) is 1. The molecule has 0 unspecified atom stereocenters. The summed E-state index contributed by atoms with van der Waals surface area (Å²) < 4.78 is 5.14. The predicted molar refractivity (Wildman–Crippen MR) is 63.2 cm³/mol. The van der Waals surface area contributed by atoms with Gasteiger partial charge in [0.25, 0.3) is 0 Å². The van der Waals surface area contributed by atoms with Gasteiger partial charge >= 0.3 is 0 Å². The summed E-state index contributed by atoms with van der Waals surface area (Å²) in [7, 11) is 1.61. The fourth-order valence-corrected chi connectivity index (χ4v) is 1.74. The molecule has 1 aromatic carbocycles. The van der Waals surface area contributed by atoms with Crippen molar-refractivity contribution in [1.29, 1.82) is 0 Å². The normalized spacial score (nSPS) is 14.9. The lowest BCUT2D eigenvalue weighted by molar-refractivity contribution is 0.415. The number of nitrogens with zero attached hydrogens (tertiary/aromatic N) is 1. The van der Waals surface area contributed by atoms with Crippen molar-refractivity contribution in [3.8, 4) is 5.75 Å². The van der Waals surface area contributed by atoms with Gasteiger partial charge in [-0.3, -0.25) is 4.99 Å². The fraction of sp³-hybridized carbons (Fsp3) is 0.364. The van der Waals surface area contributed by atoms with Crippen molar-refractivity contribution in [2.45, 2.75) is 12.8 Å². The highest BCUT2D eigenvalue weighted by atomic mass is 35.5. The largest absolute Gasteiger partial charge is 0.495 e. The maximum atomic E-state index is 5.93. The first-order chi connectivity index (χ1) is 7.29. The van der Waals surface area contributed by atoms with Gasteiger partial charge in [-0.2, -0.15) is 0 Å². The topological polar surface area (TPSA) is 33.6 Å². The Morgan fingerprint density at radius 2 is 2.33 bits per heavy atom. The van der Waals surface area contributed by atoms with Crippen LogP contribution in [0.1, 0.15) is 12.8 Å². The third-order valence-electron chi connectivity index (χ3n) is 2.31. The number of aliphatic imine (C=N–C) groups is 1. The second kappa shape index (κ2) is 4.53. The molecule has 0 radical (unpaired) electrons. The van der Waals surface area contributed by atoms with E-state index < -0.39 is 0 Å². The molecule has 15 heavy (non-hydrogen) atoms. The summed E-state index contributed by atoms with van der Waals surface area (Å²) in [5, 5.41) is 3.88. The molecule has 2 rings (SSSR count). The zero-order valence-corrected chi connectivity index (χ0v) is 9.34. The van der Waals surface area contributed by atoms with Crippen LogP contribution < -0.4 is 10.1 Å². The molecule has 1 aliphatic rings. The van der Waals surface area contributed by atoms with Gasteiger partial charge < -0.3 is 10.1 Å². The van der Waals surface area contributed by atoms with Gasteiger partial charge in [-0.25, -0.2) is 0 Å². The molecule has 3 nitrogen and oxygen atoms in total. The summed E-state index contributed by atoms with van der Waals surface area (Å²) in [6.45, 7) is 0.924. The molecule has 0 aromatic heterocycles. The van der Waals surface area contributed by atoms with Gasteiger partial charge in [0.2, 0.25) is 0 Å². The number of anilines is 1. The Bertz CT molecular complexity index is 390. The number of rotatable bonds is 2. The van der Waals surface area contributed by atoms with Crippen LogP contribution in [0.3, 0.4) is 0 Å². The third kappa shape index (κ3) is 2.42. The standard InChI is InChI=1S/C11H13ClN2O/c1-15-10-7-8(4-5-9(10)12)14-11-3-2-6-13-11/h4-5,7H,2-3,6H2,1H3,(H,13,14). The minimum Gasteiger partial charge on any atom is -0.495 e. The van der Waals surface area contributed by atoms with E-state index in [9.17, 15) is 0 Å². The molecule has 0 amide bonds. The molecule has 1 N–H and O–H groups in total. The zero-order valence-electron chi connectivity index (χ0n) is 8.59. The highest BCUT2D eigenvalue weighted by molar-refractivity contribution is 6.32. The lowest BCUT2D eigenvalue weighted by atomic mass is 10.2. The van der Waals surface area contributed by atoms with E-state index in [1.165, 1.54) is 0 Å². The molecule has 0 saturated heterocycles. The van der Waals surface area contributed by atoms with E-state index in [-0.39, 0.29) is 0 Å². The minimum atomic E-state index is 0.622. The first kappa shape index (κ1) is 10.3. The number of amidine groups is 1. The first-order valence-corrected chi connectivity index (χ1v) is 5.31. The van der Waals surface area contributed by atoms with Crippen LogP contribution in [0.2, 0.25) is 5.02 Å². The van der Waals surface area contributed by atoms with Crippen molar-refractivity contribution >= 4 is 23.1 Å². The Balaban J connectivity index is 2.14. The molecule has 4 heteroatoms. The lowest BCUT2D eigenvalue weighted by Crippen LogP contribution is -2.08. The summed E-state index contributed by atoms with van der Waals surface area (Å²) in [6.07, 6.45) is 2.15. The van der Waals surface area contributed by atoms with Crippen LogP contribution in [0, 0.1) is 0 Å². The number of hydrogen-bond acceptors (Lipinski definition) is 3. The summed E-state index contributed by atoms with van der Waals surface area (Å²) in [4.78, 5) is 4.34. The SMILES string of the molecule is COc1cc(NC2=NCCC2)ccc1Cl. The van der Waals surface area contributed by atoms with Crippen molar-refractivity contribution in [2.75, 3.05) is 19.0 Å². The van der Waals surface area contributed by atoms with Crippen molar-refractivity contribution in [1.82, 2.24) is 0 Å². The molecule has 0 fully saturated rings. The summed E-state index contributed by atoms with van der Waals surface area (Å²) in [5.74, 6) is 1.72. The number of methoxy groups -OCH3 is 1. The van der Waals surface area contributed by atoms with Gasteiger partial charge in [0.15, 0.2) is 0 Å². The van der Waals surface area contributed by atoms with Crippen molar-refractivity contribution in [2.24, 2.45) is 4.99 Å². The molecule has 1 aliphatic heterocycles. The molecule has 1 aromatic rings. The average molecular weight is 225 g/mol. The highest BCUT2D eigenvalue weighted by Gasteiger charge is 2.07. The van der Waals surface area contributed by atoms with Gasteiger partial charge in [0.05, 0.1) is 12.1 Å². The summed E-state index contributed by atoms with van der Waals surface area (Å²) in [6, 6.07) is 5.62. The van der Waals surface area contributed by atoms with Crippen LogP contribution in [-0.4, -0.2) is 19.5 Å². The lowest BCUT2D eigenvalue weighted by Gasteiger charge is -2.08. The molecule has 0 atom stereocenters. The highest BCUT2D eigenvalue weighted by Crippen LogP contribution is 2.27. The van der Waals surface area contributed by atoms with Gasteiger partial charge in [-0.05, 0) is 18.6 Å². The van der Waals surface area contributed by atoms with E-state index >= 15 is 0 Å². The zero-order chi connectivity index (χ0) is 10.7. The van der Waals surface area contributed by atoms with Crippen molar-refractivity contribution < 1.29 is 4.74 Å². The molecular weight excluding hydrogens is 212 g/mol. The Labute approximate surface area is 94.1 Å². The molecule has 0 saturated carbocycles. The minimum absolute atomic E-state index is 0.622. The number of benzene rings is 1. The maximum absolute atomic E-state index is 5.93. The third-order valence-corrected chi connectivity index (χ3v) is 2.63. The maximum Gasteiger partial charge on any atom is 0.139 e. The van der Waals surface area contributed by atoms with Crippen LogP contribution >= 0.6 is 11.6 Å². The first-order valence-electron chi connectivity index (χ1n) is 4.93. The molecule has 1 heterocycles. The smallest absolute Gasteiger partial charge is 0.139 e. The quantitative estimate of drug-likeness (QED) is 0.838. The van der Waals surface area contributed by atoms with Crippen molar-refractivity contribution in [3.05, 3.63) is 23.2 Å². The van der Waals surface area contributed by atoms with E-state index in [2.05, 4.69) is 10.3 Å². The summed E-state index contributed by atoms with van der Waals surface area (Å²) in [5.41, 5.74) is 0.969.